The number of aromatic amines is 1. The highest BCUT2D eigenvalue weighted by molar-refractivity contribution is 7.07. The molecular weight excluding hydrogens is 456 g/mol. The van der Waals surface area contributed by atoms with Gasteiger partial charge in [0.2, 0.25) is 0 Å². The third-order valence-electron chi connectivity index (χ3n) is 5.04. The molecule has 0 aliphatic rings. The Kier molecular flexibility index (Phi) is 5.75. The molecule has 3 aromatic heterocycles. The Bertz CT molecular complexity index is 1530. The number of anilines is 1. The van der Waals surface area contributed by atoms with Crippen molar-refractivity contribution in [3.63, 3.8) is 0 Å². The van der Waals surface area contributed by atoms with Crippen LogP contribution >= 0.6 is 11.3 Å². The second-order valence-corrected chi connectivity index (χ2v) is 7.85. The van der Waals surface area contributed by atoms with E-state index in [-0.39, 0.29) is 11.5 Å². The average Bonchev–Trinajstić information content (AvgIpc) is 3.54. The zero-order valence-electron chi connectivity index (χ0n) is 17.9. The number of rotatable bonds is 7. The predicted octanol–water partition coefficient (Wildman–Crippen LogP) is 3.41. The van der Waals surface area contributed by atoms with Crippen molar-refractivity contribution >= 4 is 34.0 Å². The summed E-state index contributed by atoms with van der Waals surface area (Å²) in [7, 11) is 1.51. The molecule has 0 radical (unpaired) electrons. The smallest absolute Gasteiger partial charge is 0.261 e. The summed E-state index contributed by atoms with van der Waals surface area (Å²) in [5.41, 5.74) is 4.10. The van der Waals surface area contributed by atoms with Gasteiger partial charge in [0, 0.05) is 10.9 Å². The average molecular weight is 475 g/mol. The molecule has 10 nitrogen and oxygen atoms in total. The Balaban J connectivity index is 1.40. The van der Waals surface area contributed by atoms with Crippen LogP contribution in [0.3, 0.4) is 0 Å². The Morgan fingerprint density at radius 2 is 2.06 bits per heavy atom. The number of carbonyl (C=O) groups is 1. The summed E-state index contributed by atoms with van der Waals surface area (Å²) in [5, 5.41) is 9.44. The molecule has 11 heteroatoms. The minimum Gasteiger partial charge on any atom is -0.493 e. The van der Waals surface area contributed by atoms with Gasteiger partial charge in [-0.2, -0.15) is 5.10 Å². The van der Waals surface area contributed by atoms with Gasteiger partial charge in [-0.15, -0.1) is 11.3 Å². The lowest BCUT2D eigenvalue weighted by atomic mass is 10.1. The van der Waals surface area contributed by atoms with E-state index < -0.39 is 0 Å². The molecule has 0 atom stereocenters. The number of nitrogens with one attached hydrogen (secondary N) is 2. The molecule has 2 aromatic carbocycles. The second-order valence-electron chi connectivity index (χ2n) is 7.13. The zero-order valence-corrected chi connectivity index (χ0v) is 18.7. The highest BCUT2D eigenvalue weighted by atomic mass is 32.1. The molecule has 0 aliphatic carbocycles. The summed E-state index contributed by atoms with van der Waals surface area (Å²) in [6.07, 6.45) is 2.75. The number of thiazole rings is 1. The first kappa shape index (κ1) is 21.3. The van der Waals surface area contributed by atoms with Gasteiger partial charge in [0.1, 0.15) is 12.0 Å². The van der Waals surface area contributed by atoms with Crippen LogP contribution in [-0.4, -0.2) is 37.7 Å². The van der Waals surface area contributed by atoms with E-state index in [2.05, 4.69) is 25.4 Å². The van der Waals surface area contributed by atoms with Gasteiger partial charge in [-0.1, -0.05) is 12.1 Å². The Hall–Kier alpha value is -4.51. The van der Waals surface area contributed by atoms with E-state index in [9.17, 15) is 9.59 Å². The number of ether oxygens (including phenoxy) is 2. The molecule has 0 bridgehead atoms. The maximum atomic E-state index is 13.1. The maximum absolute atomic E-state index is 13.1. The van der Waals surface area contributed by atoms with Crippen molar-refractivity contribution in [3.05, 3.63) is 87.5 Å². The van der Waals surface area contributed by atoms with Crippen LogP contribution in [0, 0.1) is 0 Å². The minimum atomic E-state index is -0.348. The molecule has 1 amide bonds. The first-order valence-electron chi connectivity index (χ1n) is 10.1. The summed E-state index contributed by atoms with van der Waals surface area (Å²) < 4.78 is 12.7. The quantitative estimate of drug-likeness (QED) is 0.370. The molecule has 5 rings (SSSR count). The lowest BCUT2D eigenvalue weighted by Gasteiger charge is -2.13. The number of H-pyrrole nitrogens is 1. The first-order valence-corrected chi connectivity index (χ1v) is 11.1. The fourth-order valence-electron chi connectivity index (χ4n) is 3.38. The Labute approximate surface area is 196 Å². The van der Waals surface area contributed by atoms with Crippen molar-refractivity contribution in [2.75, 3.05) is 12.4 Å². The monoisotopic (exact) mass is 474 g/mol. The molecule has 5 aromatic rings. The van der Waals surface area contributed by atoms with Gasteiger partial charge in [0.15, 0.2) is 17.1 Å². The minimum absolute atomic E-state index is 0.290. The highest BCUT2D eigenvalue weighted by Crippen LogP contribution is 2.30. The van der Waals surface area contributed by atoms with E-state index in [1.54, 1.807) is 41.9 Å². The Morgan fingerprint density at radius 1 is 1.18 bits per heavy atom. The molecular formula is C23H18N6O4S. The van der Waals surface area contributed by atoms with Crippen molar-refractivity contribution in [1.82, 2.24) is 24.7 Å². The summed E-state index contributed by atoms with van der Waals surface area (Å²) >= 11 is 1.49. The Morgan fingerprint density at radius 3 is 2.88 bits per heavy atom. The molecule has 0 unspecified atom stereocenters. The molecule has 3 heterocycles. The summed E-state index contributed by atoms with van der Waals surface area (Å²) in [4.78, 5) is 36.0. The fourth-order valence-corrected chi connectivity index (χ4v) is 3.92. The molecule has 0 spiro atoms. The van der Waals surface area contributed by atoms with E-state index in [4.69, 9.17) is 9.47 Å². The second kappa shape index (κ2) is 9.16. The van der Waals surface area contributed by atoms with E-state index in [0.29, 0.717) is 46.1 Å². The summed E-state index contributed by atoms with van der Waals surface area (Å²) in [6, 6.07) is 12.1. The third-order valence-corrected chi connectivity index (χ3v) is 5.67. The molecule has 170 valence electrons. The van der Waals surface area contributed by atoms with Crippen LogP contribution in [0.25, 0.3) is 16.7 Å². The van der Waals surface area contributed by atoms with Crippen LogP contribution in [-0.2, 0) is 6.61 Å². The van der Waals surface area contributed by atoms with Crippen LogP contribution in [0.5, 0.6) is 11.5 Å². The number of benzene rings is 2. The molecule has 0 saturated carbocycles. The fraction of sp³-hybridized carbons (Fsp3) is 0.0870. The number of methoxy groups -OCH3 is 1. The van der Waals surface area contributed by atoms with Crippen molar-refractivity contribution < 1.29 is 14.3 Å². The number of aromatic nitrogens is 5. The van der Waals surface area contributed by atoms with Crippen molar-refractivity contribution in [2.45, 2.75) is 6.61 Å². The third kappa shape index (κ3) is 4.11. The topological polar surface area (TPSA) is 124 Å². The number of hydrogen-bond donors (Lipinski definition) is 2. The van der Waals surface area contributed by atoms with Gasteiger partial charge >= 0.3 is 0 Å². The van der Waals surface area contributed by atoms with Gasteiger partial charge < -0.3 is 19.8 Å². The van der Waals surface area contributed by atoms with Gasteiger partial charge in [0.25, 0.3) is 11.5 Å². The molecule has 0 saturated heterocycles. The number of para-hydroxylation sites is 2. The van der Waals surface area contributed by atoms with Gasteiger partial charge in [-0.05, 0) is 30.3 Å². The first-order chi connectivity index (χ1) is 16.6. The van der Waals surface area contributed by atoms with E-state index in [1.165, 1.54) is 35.7 Å². The van der Waals surface area contributed by atoms with Crippen LogP contribution < -0.4 is 20.3 Å². The number of fused-ring (bicyclic) bond motifs is 1. The van der Waals surface area contributed by atoms with Crippen LogP contribution in [0.4, 0.5) is 5.69 Å². The lowest BCUT2D eigenvalue weighted by Crippen LogP contribution is -2.15. The normalized spacial score (nSPS) is 10.9. The molecule has 2 N–H and O–H groups in total. The maximum Gasteiger partial charge on any atom is 0.261 e. The molecule has 34 heavy (non-hydrogen) atoms. The van der Waals surface area contributed by atoms with E-state index in [1.807, 2.05) is 11.4 Å². The lowest BCUT2D eigenvalue weighted by molar-refractivity contribution is 0.102. The number of carbonyl (C=O) groups excluding carboxylic acids is 1. The number of amides is 1. The number of hydrogen-bond acceptors (Lipinski definition) is 8. The standard InChI is InChI=1S/C23H18N6O4S/c1-32-20-8-14(6-7-19(20)33-10-15-11-34-13-26-15)22(30)28-17-4-2-3-5-18(17)29-21-16(9-27-29)23(31)25-12-24-21/h2-9,11-13H,10H2,1H3,(H,28,30)(H,24,25,31). The van der Waals surface area contributed by atoms with Crippen molar-refractivity contribution in [2.24, 2.45) is 0 Å². The summed E-state index contributed by atoms with van der Waals surface area (Å²) in [5.74, 6) is 0.587. The van der Waals surface area contributed by atoms with Crippen LogP contribution in [0.2, 0.25) is 0 Å². The predicted molar refractivity (Wildman–Crippen MR) is 127 cm³/mol. The zero-order chi connectivity index (χ0) is 23.5. The van der Waals surface area contributed by atoms with Crippen LogP contribution in [0.15, 0.2) is 70.7 Å². The van der Waals surface area contributed by atoms with Crippen molar-refractivity contribution in [3.8, 4) is 17.2 Å². The highest BCUT2D eigenvalue weighted by Gasteiger charge is 2.16. The van der Waals surface area contributed by atoms with Gasteiger partial charge in [-0.25, -0.2) is 14.6 Å². The van der Waals surface area contributed by atoms with Crippen LogP contribution in [0.1, 0.15) is 16.1 Å². The largest absolute Gasteiger partial charge is 0.493 e. The molecule has 0 aliphatic heterocycles. The van der Waals surface area contributed by atoms with E-state index >= 15 is 0 Å². The number of nitrogens with zero attached hydrogens (tertiary/aromatic N) is 4. The van der Waals surface area contributed by atoms with Gasteiger partial charge in [0.05, 0.1) is 42.2 Å². The summed E-state index contributed by atoms with van der Waals surface area (Å²) in [6.45, 7) is 0.299. The van der Waals surface area contributed by atoms with Crippen molar-refractivity contribution in [1.29, 1.82) is 0 Å². The molecule has 0 fully saturated rings. The SMILES string of the molecule is COc1cc(C(=O)Nc2ccccc2-n2ncc3c(=O)[nH]cnc32)ccc1OCc1cscn1. The van der Waals surface area contributed by atoms with E-state index in [0.717, 1.165) is 5.69 Å². The van der Waals surface area contributed by atoms with Gasteiger partial charge in [-0.3, -0.25) is 9.59 Å².